The maximum Gasteiger partial charge on any atom is 0.307 e. The zero-order valence-electron chi connectivity index (χ0n) is 14.6. The minimum Gasteiger partial charge on any atom is -0.453 e. The third-order valence-corrected chi connectivity index (χ3v) is 5.07. The van der Waals surface area contributed by atoms with E-state index in [9.17, 15) is 14.4 Å². The molecule has 6 heteroatoms. The number of hydrogen-bond donors (Lipinski definition) is 1. The number of hydrogen-bond acceptors (Lipinski definition) is 5. The first-order chi connectivity index (χ1) is 12.1. The number of amides is 1. The van der Waals surface area contributed by atoms with E-state index in [-0.39, 0.29) is 24.5 Å². The Morgan fingerprint density at radius 2 is 2.12 bits per heavy atom. The molecule has 2 rings (SSSR count). The Balaban J connectivity index is 1.63. The van der Waals surface area contributed by atoms with E-state index < -0.39 is 12.1 Å². The highest BCUT2D eigenvalue weighted by molar-refractivity contribution is 7.12. The van der Waals surface area contributed by atoms with Crippen molar-refractivity contribution >= 4 is 29.0 Å². The van der Waals surface area contributed by atoms with E-state index in [4.69, 9.17) is 4.74 Å². The molecule has 1 aromatic heterocycles. The zero-order chi connectivity index (χ0) is 18.1. The highest BCUT2D eigenvalue weighted by Gasteiger charge is 2.18. The number of carbonyl (C=O) groups is 3. The average Bonchev–Trinajstić information content (AvgIpc) is 3.15. The molecule has 0 aliphatic heterocycles. The predicted octanol–water partition coefficient (Wildman–Crippen LogP) is 3.65. The molecule has 0 aromatic carbocycles. The Hall–Kier alpha value is -1.95. The van der Waals surface area contributed by atoms with Gasteiger partial charge in [0, 0.05) is 13.0 Å². The summed E-state index contributed by atoms with van der Waals surface area (Å²) >= 11 is 1.35. The molecule has 0 saturated heterocycles. The summed E-state index contributed by atoms with van der Waals surface area (Å²) in [5.74, 6) is -0.901. The number of Topliss-reactive ketones (excluding diaryl/α,β-unsaturated/α-hetero) is 1. The molecule has 1 amide bonds. The third-order valence-electron chi connectivity index (χ3n) is 4.16. The van der Waals surface area contributed by atoms with Crippen LogP contribution in [0.25, 0.3) is 0 Å². The number of thiophene rings is 1. The van der Waals surface area contributed by atoms with Gasteiger partial charge in [-0.1, -0.05) is 17.7 Å². The summed E-state index contributed by atoms with van der Waals surface area (Å²) in [4.78, 5) is 36.2. The molecule has 0 radical (unpaired) electrons. The van der Waals surface area contributed by atoms with Crippen LogP contribution >= 0.6 is 11.3 Å². The maximum absolute atomic E-state index is 12.0. The molecule has 1 atom stereocenters. The van der Waals surface area contributed by atoms with Crippen LogP contribution in [-0.2, 0) is 14.3 Å². The van der Waals surface area contributed by atoms with Crippen LogP contribution in [0, 0.1) is 0 Å². The Labute approximate surface area is 152 Å². The minimum atomic E-state index is -0.843. The molecule has 25 heavy (non-hydrogen) atoms. The van der Waals surface area contributed by atoms with Gasteiger partial charge >= 0.3 is 5.97 Å². The number of rotatable bonds is 9. The molecule has 0 bridgehead atoms. The Kier molecular flexibility index (Phi) is 7.85. The molecule has 136 valence electrons. The van der Waals surface area contributed by atoms with E-state index in [2.05, 4.69) is 11.4 Å². The van der Waals surface area contributed by atoms with E-state index in [0.717, 1.165) is 19.3 Å². The molecule has 0 spiro atoms. The topological polar surface area (TPSA) is 72.5 Å². The SMILES string of the molecule is C[C@@H](OC(=O)CCC(=O)c1cccs1)C(=O)NCCC1=CCCCC1. The van der Waals surface area contributed by atoms with Gasteiger partial charge in [-0.3, -0.25) is 14.4 Å². The lowest BCUT2D eigenvalue weighted by atomic mass is 9.97. The number of ether oxygens (including phenoxy) is 1. The lowest BCUT2D eigenvalue weighted by Crippen LogP contribution is -2.36. The minimum absolute atomic E-state index is 0.0127. The van der Waals surface area contributed by atoms with Gasteiger partial charge in [-0.15, -0.1) is 11.3 Å². The molecule has 0 saturated carbocycles. The highest BCUT2D eigenvalue weighted by Crippen LogP contribution is 2.19. The van der Waals surface area contributed by atoms with Crippen LogP contribution in [0.5, 0.6) is 0 Å². The summed E-state index contributed by atoms with van der Waals surface area (Å²) in [7, 11) is 0. The Morgan fingerprint density at radius 1 is 1.28 bits per heavy atom. The number of ketones is 1. The monoisotopic (exact) mass is 363 g/mol. The van der Waals surface area contributed by atoms with Crippen molar-refractivity contribution < 1.29 is 19.1 Å². The van der Waals surface area contributed by atoms with Gasteiger partial charge in [0.1, 0.15) is 0 Å². The second-order valence-corrected chi connectivity index (χ2v) is 7.13. The van der Waals surface area contributed by atoms with Crippen molar-refractivity contribution in [3.63, 3.8) is 0 Å². The smallest absolute Gasteiger partial charge is 0.307 e. The Bertz CT molecular complexity index is 621. The van der Waals surface area contributed by atoms with E-state index in [1.54, 1.807) is 19.1 Å². The van der Waals surface area contributed by atoms with Crippen LogP contribution in [0.2, 0.25) is 0 Å². The lowest BCUT2D eigenvalue weighted by molar-refractivity contribution is -0.154. The summed E-state index contributed by atoms with van der Waals surface area (Å²) in [5.41, 5.74) is 1.39. The lowest BCUT2D eigenvalue weighted by Gasteiger charge is -2.15. The van der Waals surface area contributed by atoms with E-state index in [1.807, 2.05) is 5.38 Å². The van der Waals surface area contributed by atoms with Gasteiger partial charge in [-0.25, -0.2) is 0 Å². The van der Waals surface area contributed by atoms with Crippen LogP contribution < -0.4 is 5.32 Å². The van der Waals surface area contributed by atoms with Crippen LogP contribution in [0.4, 0.5) is 0 Å². The highest BCUT2D eigenvalue weighted by atomic mass is 32.1. The molecule has 1 aliphatic carbocycles. The van der Waals surface area contributed by atoms with E-state index in [0.29, 0.717) is 11.4 Å². The number of carbonyl (C=O) groups excluding carboxylic acids is 3. The standard InChI is InChI=1S/C19H25NO4S/c1-14(19(23)20-12-11-15-6-3-2-4-7-15)24-18(22)10-9-16(21)17-8-5-13-25-17/h5-6,8,13-14H,2-4,7,9-12H2,1H3,(H,20,23)/t14-/m1/s1. The summed E-state index contributed by atoms with van der Waals surface area (Å²) < 4.78 is 5.11. The predicted molar refractivity (Wildman–Crippen MR) is 97.6 cm³/mol. The van der Waals surface area contributed by atoms with Gasteiger partial charge < -0.3 is 10.1 Å². The van der Waals surface area contributed by atoms with Crippen LogP contribution in [0.3, 0.4) is 0 Å². The van der Waals surface area contributed by atoms with E-state index in [1.165, 1.54) is 29.8 Å². The normalized spacial score (nSPS) is 15.2. The fourth-order valence-corrected chi connectivity index (χ4v) is 3.40. The maximum atomic E-state index is 12.0. The first kappa shape index (κ1) is 19.4. The number of esters is 1. The van der Waals surface area contributed by atoms with E-state index >= 15 is 0 Å². The quantitative estimate of drug-likeness (QED) is 0.413. The summed E-state index contributed by atoms with van der Waals surface area (Å²) in [6.07, 6.45) is 7.05. The van der Waals surface area contributed by atoms with Crippen molar-refractivity contribution in [3.8, 4) is 0 Å². The third kappa shape index (κ3) is 6.82. The van der Waals surface area contributed by atoms with Gasteiger partial charge in [0.2, 0.25) is 0 Å². The fraction of sp³-hybridized carbons (Fsp3) is 0.526. The van der Waals surface area contributed by atoms with Gasteiger partial charge in [0.25, 0.3) is 5.91 Å². The summed E-state index contributed by atoms with van der Waals surface area (Å²) in [5, 5.41) is 4.62. The van der Waals surface area contributed by atoms with Gasteiger partial charge in [-0.05, 0) is 50.5 Å². The summed E-state index contributed by atoms with van der Waals surface area (Å²) in [6.45, 7) is 2.11. The van der Waals surface area contributed by atoms with Crippen LogP contribution in [-0.4, -0.2) is 30.3 Å². The first-order valence-corrected chi connectivity index (χ1v) is 9.66. The summed E-state index contributed by atoms with van der Waals surface area (Å²) in [6, 6.07) is 3.53. The molecule has 0 unspecified atom stereocenters. The van der Waals surface area contributed by atoms with Crippen molar-refractivity contribution in [2.45, 2.75) is 58.0 Å². The zero-order valence-corrected chi connectivity index (χ0v) is 15.4. The van der Waals surface area contributed by atoms with Crippen molar-refractivity contribution in [2.24, 2.45) is 0 Å². The average molecular weight is 363 g/mol. The van der Waals surface area contributed by atoms with Crippen molar-refractivity contribution in [1.82, 2.24) is 5.32 Å². The molecular weight excluding hydrogens is 338 g/mol. The van der Waals surface area contributed by atoms with Crippen LogP contribution in [0.15, 0.2) is 29.2 Å². The molecule has 1 aliphatic rings. The molecule has 1 N–H and O–H groups in total. The van der Waals surface area contributed by atoms with Crippen molar-refractivity contribution in [3.05, 3.63) is 34.0 Å². The van der Waals surface area contributed by atoms with Gasteiger partial charge in [0.15, 0.2) is 11.9 Å². The second kappa shape index (κ2) is 10.1. The molecular formula is C19H25NO4S. The van der Waals surface area contributed by atoms with Crippen molar-refractivity contribution in [1.29, 1.82) is 0 Å². The fourth-order valence-electron chi connectivity index (χ4n) is 2.71. The molecule has 5 nitrogen and oxygen atoms in total. The molecule has 1 heterocycles. The number of nitrogens with one attached hydrogen (secondary N) is 1. The first-order valence-electron chi connectivity index (χ1n) is 8.78. The largest absolute Gasteiger partial charge is 0.453 e. The molecule has 1 aromatic rings. The number of allylic oxidation sites excluding steroid dienone is 1. The molecule has 0 fully saturated rings. The second-order valence-electron chi connectivity index (χ2n) is 6.18. The van der Waals surface area contributed by atoms with Crippen LogP contribution in [0.1, 0.15) is 61.5 Å². The Morgan fingerprint density at radius 3 is 2.80 bits per heavy atom. The van der Waals surface area contributed by atoms with Crippen molar-refractivity contribution in [2.75, 3.05) is 6.54 Å². The van der Waals surface area contributed by atoms with Gasteiger partial charge in [-0.2, -0.15) is 0 Å². The van der Waals surface area contributed by atoms with Gasteiger partial charge in [0.05, 0.1) is 11.3 Å².